The molecule has 0 spiro atoms. The lowest BCUT2D eigenvalue weighted by molar-refractivity contribution is -0.166. The average molecular weight is 899 g/mol. The first-order chi connectivity index (χ1) is 32.0. The predicted molar refractivity (Wildman–Crippen MR) is 279 cm³/mol. The van der Waals surface area contributed by atoms with Crippen LogP contribution in [0.1, 0.15) is 213 Å². The summed E-state index contributed by atoms with van der Waals surface area (Å²) in [5.41, 5.74) is 0. The molecule has 0 saturated heterocycles. The number of carbonyl (C=O) groups excluding carboxylic acids is 3. The molecule has 0 fully saturated rings. The molecule has 0 radical (unpaired) electrons. The van der Waals surface area contributed by atoms with Gasteiger partial charge >= 0.3 is 17.9 Å². The Morgan fingerprint density at radius 3 is 1.11 bits per heavy atom. The fraction of sp³-hybridized carbons (Fsp3) is 0.610. The molecule has 0 rings (SSSR count). The van der Waals surface area contributed by atoms with E-state index < -0.39 is 6.10 Å². The van der Waals surface area contributed by atoms with Gasteiger partial charge in [0.15, 0.2) is 6.10 Å². The van der Waals surface area contributed by atoms with Crippen molar-refractivity contribution in [1.29, 1.82) is 0 Å². The van der Waals surface area contributed by atoms with E-state index in [2.05, 4.69) is 130 Å². The van der Waals surface area contributed by atoms with Crippen LogP contribution in [-0.4, -0.2) is 37.2 Å². The van der Waals surface area contributed by atoms with Gasteiger partial charge in [0.05, 0.1) is 0 Å². The largest absolute Gasteiger partial charge is 0.462 e. The van der Waals surface area contributed by atoms with Crippen LogP contribution in [0.5, 0.6) is 0 Å². The SMILES string of the molecule is CC/C=C\C/C=C\C/C=C\C/C=C\C/C=C\C/C=C\CCC(=O)OC[C@H](COC(=O)CCCCCCC/C=C\CCCCCC)OC(=O)CCCC/C=C\C/C=C\C/C=C\CCCCC. The second-order valence-electron chi connectivity index (χ2n) is 16.7. The molecule has 366 valence electrons. The van der Waals surface area contributed by atoms with E-state index in [9.17, 15) is 14.4 Å². The molecule has 0 N–H and O–H groups in total. The van der Waals surface area contributed by atoms with Gasteiger partial charge in [-0.15, -0.1) is 0 Å². The Labute approximate surface area is 399 Å². The fourth-order valence-corrected chi connectivity index (χ4v) is 6.53. The van der Waals surface area contributed by atoms with Crippen molar-refractivity contribution in [3.63, 3.8) is 0 Å². The summed E-state index contributed by atoms with van der Waals surface area (Å²) in [6.07, 6.45) is 71.9. The standard InChI is InChI=1S/C59H94O6/c1-4-7-10-13-16-19-22-25-27-28-29-30-32-34-37-40-43-46-49-52-58(61)64-55-56(54-63-57(60)51-48-45-42-39-36-33-24-21-18-15-12-9-6-3)65-59(62)53-50-47-44-41-38-35-31-26-23-20-17-14-11-8-5-2/h7,10,16-17,19-21,24-27,29-31,34,37-38,41,43,46,56H,4-6,8-9,11-15,18,22-23,28,32-33,35-36,39-40,42,44-45,47-55H2,1-3H3/b10-7-,19-16-,20-17-,24-21-,27-25-,30-29-,31-26-,37-34-,41-38-,46-43-/t56-/m0/s1. The maximum absolute atomic E-state index is 12.8. The van der Waals surface area contributed by atoms with Crippen molar-refractivity contribution in [2.45, 2.75) is 219 Å². The topological polar surface area (TPSA) is 78.9 Å². The van der Waals surface area contributed by atoms with E-state index in [1.54, 1.807) is 0 Å². The maximum atomic E-state index is 12.8. The molecule has 0 amide bonds. The Morgan fingerprint density at radius 2 is 0.631 bits per heavy atom. The molecule has 65 heavy (non-hydrogen) atoms. The van der Waals surface area contributed by atoms with E-state index in [0.717, 1.165) is 96.3 Å². The minimum atomic E-state index is -0.834. The lowest BCUT2D eigenvalue weighted by Crippen LogP contribution is -2.30. The molecule has 0 heterocycles. The van der Waals surface area contributed by atoms with Crippen LogP contribution in [0.25, 0.3) is 0 Å². The molecule has 0 aromatic heterocycles. The van der Waals surface area contributed by atoms with E-state index in [0.29, 0.717) is 19.3 Å². The van der Waals surface area contributed by atoms with Crippen LogP contribution in [-0.2, 0) is 28.6 Å². The van der Waals surface area contributed by atoms with Crippen LogP contribution in [0.4, 0.5) is 0 Å². The number of allylic oxidation sites excluding steroid dienone is 20. The summed E-state index contributed by atoms with van der Waals surface area (Å²) >= 11 is 0. The number of esters is 3. The highest BCUT2D eigenvalue weighted by Gasteiger charge is 2.19. The lowest BCUT2D eigenvalue weighted by atomic mass is 10.1. The van der Waals surface area contributed by atoms with Gasteiger partial charge in [0.2, 0.25) is 0 Å². The van der Waals surface area contributed by atoms with Crippen molar-refractivity contribution in [2.24, 2.45) is 0 Å². The Balaban J connectivity index is 4.59. The van der Waals surface area contributed by atoms with Crippen LogP contribution >= 0.6 is 0 Å². The van der Waals surface area contributed by atoms with Gasteiger partial charge in [0.1, 0.15) is 13.2 Å². The van der Waals surface area contributed by atoms with Gasteiger partial charge in [0, 0.05) is 19.3 Å². The zero-order chi connectivity index (χ0) is 47.2. The highest BCUT2D eigenvalue weighted by atomic mass is 16.6. The summed E-state index contributed by atoms with van der Waals surface area (Å²) in [4.78, 5) is 37.9. The summed E-state index contributed by atoms with van der Waals surface area (Å²) in [6, 6.07) is 0. The van der Waals surface area contributed by atoms with Crippen molar-refractivity contribution in [3.8, 4) is 0 Å². The number of unbranched alkanes of at least 4 members (excludes halogenated alkanes) is 14. The highest BCUT2D eigenvalue weighted by molar-refractivity contribution is 5.71. The Kier molecular flexibility index (Phi) is 49.1. The molecule has 0 unspecified atom stereocenters. The summed E-state index contributed by atoms with van der Waals surface area (Å²) in [5, 5.41) is 0. The lowest BCUT2D eigenvalue weighted by Gasteiger charge is -2.18. The van der Waals surface area contributed by atoms with Crippen molar-refractivity contribution in [2.75, 3.05) is 13.2 Å². The Bertz CT molecular complexity index is 1400. The molecular formula is C59H94O6. The van der Waals surface area contributed by atoms with Crippen molar-refractivity contribution < 1.29 is 28.6 Å². The number of carbonyl (C=O) groups is 3. The fourth-order valence-electron chi connectivity index (χ4n) is 6.53. The van der Waals surface area contributed by atoms with E-state index in [-0.39, 0.29) is 44.0 Å². The monoisotopic (exact) mass is 899 g/mol. The van der Waals surface area contributed by atoms with E-state index >= 15 is 0 Å². The first kappa shape index (κ1) is 60.8. The van der Waals surface area contributed by atoms with Gasteiger partial charge in [-0.3, -0.25) is 14.4 Å². The highest BCUT2D eigenvalue weighted by Crippen LogP contribution is 2.11. The van der Waals surface area contributed by atoms with Gasteiger partial charge < -0.3 is 14.2 Å². The number of rotatable bonds is 45. The number of hydrogen-bond acceptors (Lipinski definition) is 6. The zero-order valence-corrected chi connectivity index (χ0v) is 41.7. The summed E-state index contributed by atoms with van der Waals surface area (Å²) in [5.74, 6) is -1.07. The normalized spacial score (nSPS) is 13.1. The molecule has 0 bridgehead atoms. The third-order valence-electron chi connectivity index (χ3n) is 10.4. The van der Waals surface area contributed by atoms with Crippen molar-refractivity contribution in [3.05, 3.63) is 122 Å². The summed E-state index contributed by atoms with van der Waals surface area (Å²) < 4.78 is 16.7. The quantitative estimate of drug-likeness (QED) is 0.0262. The molecule has 0 aromatic carbocycles. The first-order valence-electron chi connectivity index (χ1n) is 26.0. The van der Waals surface area contributed by atoms with Crippen molar-refractivity contribution >= 4 is 17.9 Å². The van der Waals surface area contributed by atoms with Gasteiger partial charge in [0.25, 0.3) is 0 Å². The average Bonchev–Trinajstić information content (AvgIpc) is 3.30. The molecule has 6 heteroatoms. The predicted octanol–water partition coefficient (Wildman–Crippen LogP) is 17.3. The van der Waals surface area contributed by atoms with E-state index in [4.69, 9.17) is 14.2 Å². The summed E-state index contributed by atoms with van der Waals surface area (Å²) in [7, 11) is 0. The molecule has 0 aliphatic carbocycles. The molecule has 6 nitrogen and oxygen atoms in total. The molecule has 0 aliphatic rings. The van der Waals surface area contributed by atoms with Crippen LogP contribution in [0.2, 0.25) is 0 Å². The first-order valence-corrected chi connectivity index (χ1v) is 26.0. The third-order valence-corrected chi connectivity index (χ3v) is 10.4. The van der Waals surface area contributed by atoms with Crippen LogP contribution < -0.4 is 0 Å². The second kappa shape index (κ2) is 52.4. The van der Waals surface area contributed by atoms with Crippen molar-refractivity contribution in [1.82, 2.24) is 0 Å². The molecular weight excluding hydrogens is 805 g/mol. The molecule has 1 atom stereocenters. The van der Waals surface area contributed by atoms with Crippen LogP contribution in [0.3, 0.4) is 0 Å². The van der Waals surface area contributed by atoms with Crippen LogP contribution in [0.15, 0.2) is 122 Å². The maximum Gasteiger partial charge on any atom is 0.306 e. The third kappa shape index (κ3) is 50.7. The number of ether oxygens (including phenoxy) is 3. The Hall–Kier alpha value is -4.19. The van der Waals surface area contributed by atoms with Gasteiger partial charge in [-0.2, -0.15) is 0 Å². The number of hydrogen-bond donors (Lipinski definition) is 0. The summed E-state index contributed by atoms with van der Waals surface area (Å²) in [6.45, 7) is 6.35. The smallest absolute Gasteiger partial charge is 0.306 e. The minimum absolute atomic E-state index is 0.124. The molecule has 0 aliphatic heterocycles. The van der Waals surface area contributed by atoms with Crippen LogP contribution in [0, 0.1) is 0 Å². The van der Waals surface area contributed by atoms with Gasteiger partial charge in [-0.25, -0.2) is 0 Å². The van der Waals surface area contributed by atoms with E-state index in [1.807, 2.05) is 12.2 Å². The van der Waals surface area contributed by atoms with Gasteiger partial charge in [-0.05, 0) is 122 Å². The molecule has 0 saturated carbocycles. The Morgan fingerprint density at radius 1 is 0.323 bits per heavy atom. The van der Waals surface area contributed by atoms with Gasteiger partial charge in [-0.1, -0.05) is 194 Å². The van der Waals surface area contributed by atoms with E-state index in [1.165, 1.54) is 64.2 Å². The molecule has 0 aromatic rings. The second-order valence-corrected chi connectivity index (χ2v) is 16.7. The zero-order valence-electron chi connectivity index (χ0n) is 41.7. The minimum Gasteiger partial charge on any atom is -0.462 e.